The quantitative estimate of drug-likeness (QED) is 0.576. The van der Waals surface area contributed by atoms with Crippen LogP contribution in [0.4, 0.5) is 8.78 Å². The molecule has 4 rings (SSSR count). The Morgan fingerprint density at radius 2 is 1.92 bits per heavy atom. The smallest absolute Gasteiger partial charge is 0.336 e. The molecule has 0 fully saturated rings. The second-order valence-corrected chi connectivity index (χ2v) is 5.39. The molecule has 2 N–H and O–H groups in total. The number of hydrogen-bond acceptors (Lipinski definition) is 2. The number of nitrogens with zero attached hydrogens (tertiary/aromatic N) is 1. The average Bonchev–Trinajstić information content (AvgIpc) is 2.97. The Morgan fingerprint density at radius 1 is 1.08 bits per heavy atom. The number of benzene rings is 2. The number of aromatic amines is 1. The molecule has 0 aliphatic carbocycles. The lowest BCUT2D eigenvalue weighted by Crippen LogP contribution is -1.98. The first-order chi connectivity index (χ1) is 11.5. The standard InChI is InChI=1S/C18H10F2N2O2/c19-9-6-12-13(8-21-17(12)14(20)7-9)16-5-4-10-11(18(23)24)2-1-3-15(10)22-16/h1-8,21H,(H,23,24). The van der Waals surface area contributed by atoms with Crippen molar-refractivity contribution in [3.8, 4) is 11.3 Å². The fourth-order valence-corrected chi connectivity index (χ4v) is 2.86. The van der Waals surface area contributed by atoms with Gasteiger partial charge in [0.1, 0.15) is 11.6 Å². The van der Waals surface area contributed by atoms with E-state index in [4.69, 9.17) is 0 Å². The van der Waals surface area contributed by atoms with E-state index in [1.165, 1.54) is 12.1 Å². The largest absolute Gasteiger partial charge is 0.478 e. The molecule has 2 aromatic carbocycles. The third-order valence-corrected chi connectivity index (χ3v) is 3.94. The lowest BCUT2D eigenvalue weighted by Gasteiger charge is -2.05. The SMILES string of the molecule is O=C(O)c1cccc2nc(-c3c[nH]c4c(F)cc(F)cc34)ccc12. The number of hydrogen-bond donors (Lipinski definition) is 2. The van der Waals surface area contributed by atoms with Crippen molar-refractivity contribution in [1.29, 1.82) is 0 Å². The van der Waals surface area contributed by atoms with Gasteiger partial charge in [-0.1, -0.05) is 6.07 Å². The molecule has 24 heavy (non-hydrogen) atoms. The van der Waals surface area contributed by atoms with E-state index in [0.717, 1.165) is 6.07 Å². The predicted octanol–water partition coefficient (Wildman–Crippen LogP) is 4.36. The number of aromatic nitrogens is 2. The van der Waals surface area contributed by atoms with Crippen LogP contribution in [-0.4, -0.2) is 21.0 Å². The lowest BCUT2D eigenvalue weighted by molar-refractivity contribution is 0.0699. The highest BCUT2D eigenvalue weighted by Gasteiger charge is 2.14. The summed E-state index contributed by atoms with van der Waals surface area (Å²) in [4.78, 5) is 18.5. The van der Waals surface area contributed by atoms with Gasteiger partial charge in [-0.15, -0.1) is 0 Å². The molecule has 4 nitrogen and oxygen atoms in total. The Labute approximate surface area is 134 Å². The van der Waals surface area contributed by atoms with E-state index in [1.807, 2.05) is 0 Å². The molecule has 0 aliphatic rings. The van der Waals surface area contributed by atoms with Crippen LogP contribution in [0.15, 0.2) is 48.7 Å². The maximum Gasteiger partial charge on any atom is 0.336 e. The van der Waals surface area contributed by atoms with Gasteiger partial charge in [-0.3, -0.25) is 0 Å². The Kier molecular flexibility index (Phi) is 3.06. The molecule has 0 saturated carbocycles. The fourth-order valence-electron chi connectivity index (χ4n) is 2.86. The summed E-state index contributed by atoms with van der Waals surface area (Å²) in [6, 6.07) is 10.1. The summed E-state index contributed by atoms with van der Waals surface area (Å²) in [5.74, 6) is -2.38. The van der Waals surface area contributed by atoms with Gasteiger partial charge in [0.2, 0.25) is 0 Å². The summed E-state index contributed by atoms with van der Waals surface area (Å²) in [5.41, 5.74) is 1.90. The first-order valence-corrected chi connectivity index (χ1v) is 7.14. The summed E-state index contributed by atoms with van der Waals surface area (Å²) >= 11 is 0. The van der Waals surface area contributed by atoms with Crippen LogP contribution in [0.5, 0.6) is 0 Å². The summed E-state index contributed by atoms with van der Waals surface area (Å²) in [6.07, 6.45) is 1.56. The Morgan fingerprint density at radius 3 is 2.71 bits per heavy atom. The van der Waals surface area contributed by atoms with Crippen LogP contribution in [0.1, 0.15) is 10.4 Å². The number of aromatic carboxylic acids is 1. The van der Waals surface area contributed by atoms with Gasteiger partial charge in [-0.25, -0.2) is 18.6 Å². The lowest BCUT2D eigenvalue weighted by atomic mass is 10.1. The molecule has 0 radical (unpaired) electrons. The molecule has 4 aromatic rings. The van der Waals surface area contributed by atoms with E-state index in [-0.39, 0.29) is 11.1 Å². The van der Waals surface area contributed by atoms with Gasteiger partial charge < -0.3 is 10.1 Å². The first kappa shape index (κ1) is 14.3. The molecule has 0 spiro atoms. The van der Waals surface area contributed by atoms with Gasteiger partial charge in [0.25, 0.3) is 0 Å². The number of fused-ring (bicyclic) bond motifs is 2. The summed E-state index contributed by atoms with van der Waals surface area (Å²) < 4.78 is 27.3. The van der Waals surface area contributed by atoms with Crippen LogP contribution in [0.3, 0.4) is 0 Å². The van der Waals surface area contributed by atoms with Crippen LogP contribution in [-0.2, 0) is 0 Å². The number of carboxylic acids is 1. The van der Waals surface area contributed by atoms with Crippen molar-refractivity contribution in [2.75, 3.05) is 0 Å². The number of nitrogens with one attached hydrogen (secondary N) is 1. The molecule has 0 unspecified atom stereocenters. The van der Waals surface area contributed by atoms with Crippen molar-refractivity contribution in [3.05, 3.63) is 65.9 Å². The van der Waals surface area contributed by atoms with Crippen LogP contribution in [0.2, 0.25) is 0 Å². The van der Waals surface area contributed by atoms with Gasteiger partial charge in [0.05, 0.1) is 22.3 Å². The normalized spacial score (nSPS) is 11.2. The number of rotatable bonds is 2. The van der Waals surface area contributed by atoms with Crippen LogP contribution in [0.25, 0.3) is 33.1 Å². The minimum Gasteiger partial charge on any atom is -0.478 e. The van der Waals surface area contributed by atoms with Crippen molar-refractivity contribution >= 4 is 27.8 Å². The molecule has 2 heterocycles. The molecule has 118 valence electrons. The Balaban J connectivity index is 1.96. The van der Waals surface area contributed by atoms with Crippen molar-refractivity contribution in [3.63, 3.8) is 0 Å². The molecule has 6 heteroatoms. The monoisotopic (exact) mass is 324 g/mol. The highest BCUT2D eigenvalue weighted by Crippen LogP contribution is 2.31. The van der Waals surface area contributed by atoms with E-state index in [9.17, 15) is 18.7 Å². The van der Waals surface area contributed by atoms with E-state index >= 15 is 0 Å². The zero-order valence-corrected chi connectivity index (χ0v) is 12.2. The summed E-state index contributed by atoms with van der Waals surface area (Å²) in [7, 11) is 0. The average molecular weight is 324 g/mol. The zero-order valence-electron chi connectivity index (χ0n) is 12.2. The summed E-state index contributed by atoms with van der Waals surface area (Å²) in [5, 5.41) is 10.1. The molecule has 0 saturated heterocycles. The van der Waals surface area contributed by atoms with Gasteiger partial charge >= 0.3 is 5.97 Å². The second-order valence-electron chi connectivity index (χ2n) is 5.39. The third kappa shape index (κ3) is 2.11. The number of pyridine rings is 1. The van der Waals surface area contributed by atoms with Gasteiger partial charge in [0, 0.05) is 28.6 Å². The van der Waals surface area contributed by atoms with E-state index < -0.39 is 17.6 Å². The van der Waals surface area contributed by atoms with Crippen molar-refractivity contribution in [2.24, 2.45) is 0 Å². The topological polar surface area (TPSA) is 66.0 Å². The number of H-pyrrole nitrogens is 1. The van der Waals surface area contributed by atoms with Crippen LogP contribution < -0.4 is 0 Å². The molecule has 0 atom stereocenters. The van der Waals surface area contributed by atoms with Crippen molar-refractivity contribution in [1.82, 2.24) is 9.97 Å². The number of carboxylic acid groups (broad SMARTS) is 1. The van der Waals surface area contributed by atoms with Crippen molar-refractivity contribution < 1.29 is 18.7 Å². The summed E-state index contributed by atoms with van der Waals surface area (Å²) in [6.45, 7) is 0. The van der Waals surface area contributed by atoms with Crippen molar-refractivity contribution in [2.45, 2.75) is 0 Å². The second kappa shape index (κ2) is 5.13. The Bertz CT molecular complexity index is 1120. The maximum atomic E-state index is 13.8. The molecule has 0 bridgehead atoms. The molecular weight excluding hydrogens is 314 g/mol. The number of carbonyl (C=O) groups is 1. The fraction of sp³-hybridized carbons (Fsp3) is 0. The molecule has 0 amide bonds. The first-order valence-electron chi connectivity index (χ1n) is 7.14. The number of halogens is 2. The molecule has 0 aliphatic heterocycles. The van der Waals surface area contributed by atoms with E-state index in [1.54, 1.807) is 30.5 Å². The van der Waals surface area contributed by atoms with Gasteiger partial charge in [-0.05, 0) is 30.3 Å². The van der Waals surface area contributed by atoms with E-state index in [0.29, 0.717) is 27.5 Å². The zero-order chi connectivity index (χ0) is 16.8. The molecule has 2 aromatic heterocycles. The predicted molar refractivity (Wildman–Crippen MR) is 85.9 cm³/mol. The molecular formula is C18H10F2N2O2. The van der Waals surface area contributed by atoms with Crippen LogP contribution >= 0.6 is 0 Å². The van der Waals surface area contributed by atoms with Gasteiger partial charge in [-0.2, -0.15) is 0 Å². The maximum absolute atomic E-state index is 13.8. The highest BCUT2D eigenvalue weighted by atomic mass is 19.1. The van der Waals surface area contributed by atoms with Crippen LogP contribution in [0, 0.1) is 11.6 Å². The minimum atomic E-state index is -1.04. The van der Waals surface area contributed by atoms with E-state index in [2.05, 4.69) is 9.97 Å². The van der Waals surface area contributed by atoms with Gasteiger partial charge in [0.15, 0.2) is 0 Å². The minimum absolute atomic E-state index is 0.155. The Hall–Kier alpha value is -3.28. The third-order valence-electron chi connectivity index (χ3n) is 3.94. The highest BCUT2D eigenvalue weighted by molar-refractivity contribution is 6.03.